The van der Waals surface area contributed by atoms with Gasteiger partial charge in [-0.05, 0) is 124 Å². The number of allylic oxidation sites excluding steroid dienone is 2. The molecule has 8 nitrogen and oxygen atoms in total. The van der Waals surface area contributed by atoms with E-state index in [0.29, 0.717) is 17.8 Å². The van der Waals surface area contributed by atoms with Gasteiger partial charge in [-0.25, -0.2) is 0 Å². The fraction of sp³-hybridized carbons (Fsp3) is 0.943. The SMILES string of the molecule is CC(C)=CCC[C@](C)(O)[C@H]1CC[C@]2(C)C3CCC4C(C)(C)[C@@H](O[C@@H]5O[C@H](CO)[C@@H](O)[C@H](O)[C@H]5O)CC[C@]4(C)C3C[C@H](O)[C@@H]12. The second kappa shape index (κ2) is 11.9. The van der Waals surface area contributed by atoms with Crippen LogP contribution < -0.4 is 0 Å². The molecule has 0 aromatic carbocycles. The van der Waals surface area contributed by atoms with E-state index in [-0.39, 0.29) is 34.2 Å². The summed E-state index contributed by atoms with van der Waals surface area (Å²) >= 11 is 0. The zero-order chi connectivity index (χ0) is 31.7. The molecule has 0 amide bonds. The molecule has 1 saturated heterocycles. The summed E-state index contributed by atoms with van der Waals surface area (Å²) in [6, 6.07) is 0. The second-order valence-electron chi connectivity index (χ2n) is 16.7. The highest BCUT2D eigenvalue weighted by Gasteiger charge is 2.67. The van der Waals surface area contributed by atoms with E-state index in [4.69, 9.17) is 9.47 Å². The molecule has 5 rings (SSSR count). The monoisotopic (exact) mass is 608 g/mol. The Morgan fingerprint density at radius 3 is 2.23 bits per heavy atom. The summed E-state index contributed by atoms with van der Waals surface area (Å²) < 4.78 is 12.1. The molecule has 5 aliphatic rings. The van der Waals surface area contributed by atoms with E-state index >= 15 is 0 Å². The minimum absolute atomic E-state index is 0.00466. The molecular formula is C35H60O8. The fourth-order valence-corrected chi connectivity index (χ4v) is 11.4. The molecule has 0 bridgehead atoms. The quantitative estimate of drug-likeness (QED) is 0.189. The number of fused-ring (bicyclic) bond motifs is 5. The van der Waals surface area contributed by atoms with Crippen LogP contribution in [0.2, 0.25) is 0 Å². The molecule has 1 aliphatic heterocycles. The predicted molar refractivity (Wildman–Crippen MR) is 164 cm³/mol. The average molecular weight is 609 g/mol. The summed E-state index contributed by atoms with van der Waals surface area (Å²) in [5, 5.41) is 64.5. The molecule has 43 heavy (non-hydrogen) atoms. The van der Waals surface area contributed by atoms with Crippen molar-refractivity contribution in [2.45, 2.75) is 155 Å². The van der Waals surface area contributed by atoms with Gasteiger partial charge in [0.15, 0.2) is 6.29 Å². The lowest BCUT2D eigenvalue weighted by Crippen LogP contribution is -2.64. The summed E-state index contributed by atoms with van der Waals surface area (Å²) in [6.45, 7) is 15.0. The van der Waals surface area contributed by atoms with Gasteiger partial charge in [0.1, 0.15) is 24.4 Å². The zero-order valence-corrected chi connectivity index (χ0v) is 27.6. The van der Waals surface area contributed by atoms with Crippen LogP contribution in [0, 0.1) is 45.8 Å². The van der Waals surface area contributed by atoms with Crippen molar-refractivity contribution in [2.75, 3.05) is 6.61 Å². The van der Waals surface area contributed by atoms with E-state index in [9.17, 15) is 30.6 Å². The molecule has 0 aromatic heterocycles. The number of hydrogen-bond donors (Lipinski definition) is 6. The fourth-order valence-electron chi connectivity index (χ4n) is 11.4. The molecular weight excluding hydrogens is 548 g/mol. The van der Waals surface area contributed by atoms with E-state index in [1.54, 1.807) is 0 Å². The van der Waals surface area contributed by atoms with E-state index in [1.165, 1.54) is 5.57 Å². The van der Waals surface area contributed by atoms with Crippen molar-refractivity contribution in [3.05, 3.63) is 11.6 Å². The van der Waals surface area contributed by atoms with Crippen molar-refractivity contribution < 1.29 is 40.1 Å². The minimum atomic E-state index is -1.45. The third-order valence-corrected chi connectivity index (χ3v) is 13.7. The van der Waals surface area contributed by atoms with Gasteiger partial charge in [0.05, 0.1) is 24.4 Å². The van der Waals surface area contributed by atoms with Crippen LogP contribution in [-0.2, 0) is 9.47 Å². The molecule has 0 aromatic rings. The number of aliphatic hydroxyl groups excluding tert-OH is 5. The lowest BCUT2D eigenvalue weighted by molar-refractivity contribution is -0.329. The van der Waals surface area contributed by atoms with Gasteiger partial charge in [-0.3, -0.25) is 0 Å². The van der Waals surface area contributed by atoms with Crippen molar-refractivity contribution in [3.63, 3.8) is 0 Å². The van der Waals surface area contributed by atoms with Gasteiger partial charge in [0.2, 0.25) is 0 Å². The lowest BCUT2D eigenvalue weighted by Gasteiger charge is -2.66. The molecule has 3 unspecified atom stereocenters. The highest BCUT2D eigenvalue weighted by atomic mass is 16.7. The first-order valence-electron chi connectivity index (χ1n) is 17.0. The first-order valence-corrected chi connectivity index (χ1v) is 17.0. The number of ether oxygens (including phenoxy) is 2. The molecule has 15 atom stereocenters. The summed E-state index contributed by atoms with van der Waals surface area (Å²) in [4.78, 5) is 0. The summed E-state index contributed by atoms with van der Waals surface area (Å²) in [6.07, 6.45) is 3.36. The van der Waals surface area contributed by atoms with Crippen molar-refractivity contribution in [1.29, 1.82) is 0 Å². The summed E-state index contributed by atoms with van der Waals surface area (Å²) in [5.74, 6) is 1.42. The lowest BCUT2D eigenvalue weighted by atomic mass is 9.39. The van der Waals surface area contributed by atoms with Crippen LogP contribution >= 0.6 is 0 Å². The van der Waals surface area contributed by atoms with Crippen LogP contribution in [0.15, 0.2) is 11.6 Å². The first-order chi connectivity index (χ1) is 20.0. The molecule has 4 aliphatic carbocycles. The van der Waals surface area contributed by atoms with Gasteiger partial charge < -0.3 is 40.1 Å². The first kappa shape index (κ1) is 33.8. The maximum Gasteiger partial charge on any atom is 0.186 e. The Bertz CT molecular complexity index is 1020. The van der Waals surface area contributed by atoms with Crippen molar-refractivity contribution in [2.24, 2.45) is 45.8 Å². The Kier molecular flexibility index (Phi) is 9.34. The molecule has 8 heteroatoms. The van der Waals surface area contributed by atoms with Gasteiger partial charge in [-0.2, -0.15) is 0 Å². The second-order valence-corrected chi connectivity index (χ2v) is 16.7. The Balaban J connectivity index is 1.34. The molecule has 4 saturated carbocycles. The third-order valence-electron chi connectivity index (χ3n) is 13.7. The Hall–Kier alpha value is -0.580. The summed E-state index contributed by atoms with van der Waals surface area (Å²) in [5.41, 5.74) is 0.224. The molecule has 5 fully saturated rings. The number of aliphatic hydroxyl groups is 6. The van der Waals surface area contributed by atoms with Crippen LogP contribution in [0.4, 0.5) is 0 Å². The largest absolute Gasteiger partial charge is 0.394 e. The number of hydrogen-bond acceptors (Lipinski definition) is 8. The average Bonchev–Trinajstić information content (AvgIpc) is 3.30. The van der Waals surface area contributed by atoms with E-state index in [0.717, 1.165) is 57.8 Å². The molecule has 248 valence electrons. The maximum absolute atomic E-state index is 11.9. The predicted octanol–water partition coefficient (Wildman–Crippen LogP) is 3.93. The normalized spacial score (nSPS) is 50.6. The van der Waals surface area contributed by atoms with E-state index in [1.807, 2.05) is 6.92 Å². The van der Waals surface area contributed by atoms with E-state index < -0.39 is 49.0 Å². The zero-order valence-electron chi connectivity index (χ0n) is 27.6. The Morgan fingerprint density at radius 2 is 1.58 bits per heavy atom. The smallest absolute Gasteiger partial charge is 0.186 e. The highest BCUT2D eigenvalue weighted by molar-refractivity contribution is 5.16. The van der Waals surface area contributed by atoms with Gasteiger partial charge in [0.25, 0.3) is 0 Å². The van der Waals surface area contributed by atoms with Gasteiger partial charge in [-0.1, -0.05) is 39.3 Å². The maximum atomic E-state index is 11.9. The molecule has 1 heterocycles. The van der Waals surface area contributed by atoms with Crippen LogP contribution in [0.1, 0.15) is 106 Å². The third kappa shape index (κ3) is 5.58. The van der Waals surface area contributed by atoms with Gasteiger partial charge in [-0.15, -0.1) is 0 Å². The van der Waals surface area contributed by atoms with Crippen LogP contribution in [0.5, 0.6) is 0 Å². The molecule has 0 radical (unpaired) electrons. The Morgan fingerprint density at radius 1 is 0.907 bits per heavy atom. The van der Waals surface area contributed by atoms with Gasteiger partial charge in [0, 0.05) is 0 Å². The minimum Gasteiger partial charge on any atom is -0.394 e. The topological polar surface area (TPSA) is 140 Å². The van der Waals surface area contributed by atoms with Crippen molar-refractivity contribution in [1.82, 2.24) is 0 Å². The molecule has 0 spiro atoms. The van der Waals surface area contributed by atoms with Crippen LogP contribution in [0.3, 0.4) is 0 Å². The van der Waals surface area contributed by atoms with Crippen LogP contribution in [-0.4, -0.2) is 85.8 Å². The molecule has 6 N–H and O–H groups in total. The van der Waals surface area contributed by atoms with E-state index in [2.05, 4.69) is 47.6 Å². The van der Waals surface area contributed by atoms with Crippen molar-refractivity contribution in [3.8, 4) is 0 Å². The van der Waals surface area contributed by atoms with Crippen molar-refractivity contribution >= 4 is 0 Å². The summed E-state index contributed by atoms with van der Waals surface area (Å²) in [7, 11) is 0. The number of rotatable bonds is 7. The van der Waals surface area contributed by atoms with Crippen LogP contribution in [0.25, 0.3) is 0 Å². The Labute approximate surface area is 258 Å². The standard InChI is InChI=1S/C35H60O8/c1-19(2)9-8-14-35(7,41)21-12-15-34(6)20-10-11-25-32(3,4)26(13-16-33(25,5)22(20)17-23(37)27(21)34)43-31-30(40)29(39)28(38)24(18-36)42-31/h9,20-31,36-41H,8,10-18H2,1-7H3/t20?,21-,22?,23-,24+,25?,26-,27+,28+,29-,30+,31-,33+,34+,35-/m0/s1. The highest BCUT2D eigenvalue weighted by Crippen LogP contribution is 2.71. The van der Waals surface area contributed by atoms with Gasteiger partial charge >= 0.3 is 0 Å².